The Labute approximate surface area is 92.3 Å². The second kappa shape index (κ2) is 5.17. The molecule has 1 aromatic rings. The smallest absolute Gasteiger partial charge is 0.0788 e. The van der Waals surface area contributed by atoms with Gasteiger partial charge in [0.15, 0.2) is 0 Å². The van der Waals surface area contributed by atoms with Crippen molar-refractivity contribution in [2.75, 3.05) is 11.9 Å². The van der Waals surface area contributed by atoms with Gasteiger partial charge in [0.05, 0.1) is 5.60 Å². The van der Waals surface area contributed by atoms with Crippen molar-refractivity contribution in [1.82, 2.24) is 0 Å². The van der Waals surface area contributed by atoms with Gasteiger partial charge in [-0.25, -0.2) is 0 Å². The molecule has 0 amide bonds. The van der Waals surface area contributed by atoms with Crippen LogP contribution in [-0.2, 0) is 6.42 Å². The molecule has 15 heavy (non-hydrogen) atoms. The van der Waals surface area contributed by atoms with E-state index < -0.39 is 5.60 Å². The van der Waals surface area contributed by atoms with Crippen LogP contribution in [0.4, 0.5) is 5.69 Å². The zero-order chi connectivity index (χ0) is 11.3. The van der Waals surface area contributed by atoms with Crippen molar-refractivity contribution < 1.29 is 5.11 Å². The highest BCUT2D eigenvalue weighted by Crippen LogP contribution is 2.17. The van der Waals surface area contributed by atoms with E-state index in [1.807, 2.05) is 26.0 Å². The highest BCUT2D eigenvalue weighted by molar-refractivity contribution is 5.51. The molecule has 0 heterocycles. The molecule has 0 saturated heterocycles. The van der Waals surface area contributed by atoms with Gasteiger partial charge in [0.2, 0.25) is 0 Å². The molecule has 2 nitrogen and oxygen atoms in total. The summed E-state index contributed by atoms with van der Waals surface area (Å²) in [5.41, 5.74) is 1.80. The van der Waals surface area contributed by atoms with Crippen molar-refractivity contribution in [2.24, 2.45) is 0 Å². The SMILES string of the molecule is CCc1ccccc1NCC(C)(O)CC. The Morgan fingerprint density at radius 3 is 2.53 bits per heavy atom. The summed E-state index contributed by atoms with van der Waals surface area (Å²) in [6.45, 7) is 6.58. The van der Waals surface area contributed by atoms with Crippen LogP contribution in [0.3, 0.4) is 0 Å². The number of hydrogen-bond donors (Lipinski definition) is 2. The molecule has 0 bridgehead atoms. The van der Waals surface area contributed by atoms with Crippen LogP contribution >= 0.6 is 0 Å². The average molecular weight is 207 g/mol. The number of para-hydroxylation sites is 1. The molecular formula is C13H21NO. The van der Waals surface area contributed by atoms with Gasteiger partial charge in [-0.05, 0) is 31.4 Å². The summed E-state index contributed by atoms with van der Waals surface area (Å²) in [5, 5.41) is 13.2. The molecule has 0 fully saturated rings. The van der Waals surface area contributed by atoms with Crippen LogP contribution in [-0.4, -0.2) is 17.3 Å². The third-order valence-electron chi connectivity index (χ3n) is 2.82. The van der Waals surface area contributed by atoms with Crippen molar-refractivity contribution in [1.29, 1.82) is 0 Å². The first-order valence-corrected chi connectivity index (χ1v) is 5.63. The van der Waals surface area contributed by atoms with Crippen LogP contribution < -0.4 is 5.32 Å². The Hall–Kier alpha value is -1.02. The summed E-state index contributed by atoms with van der Waals surface area (Å²) in [6.07, 6.45) is 1.77. The van der Waals surface area contributed by atoms with E-state index in [0.29, 0.717) is 6.54 Å². The maximum atomic E-state index is 9.89. The molecule has 2 heteroatoms. The lowest BCUT2D eigenvalue weighted by molar-refractivity contribution is 0.0697. The molecule has 0 aromatic heterocycles. The number of hydrogen-bond acceptors (Lipinski definition) is 2. The largest absolute Gasteiger partial charge is 0.388 e. The number of benzene rings is 1. The van der Waals surface area contributed by atoms with Crippen molar-refractivity contribution in [3.05, 3.63) is 29.8 Å². The van der Waals surface area contributed by atoms with E-state index in [4.69, 9.17) is 0 Å². The standard InChI is InChI=1S/C13H21NO/c1-4-11-8-6-7-9-12(11)14-10-13(3,15)5-2/h6-9,14-15H,4-5,10H2,1-3H3. The summed E-state index contributed by atoms with van der Waals surface area (Å²) in [4.78, 5) is 0. The van der Waals surface area contributed by atoms with Crippen LogP contribution in [0.25, 0.3) is 0 Å². The minimum absolute atomic E-state index is 0.598. The molecular weight excluding hydrogens is 186 g/mol. The van der Waals surface area contributed by atoms with E-state index in [9.17, 15) is 5.11 Å². The minimum Gasteiger partial charge on any atom is -0.388 e. The van der Waals surface area contributed by atoms with Crippen LogP contribution in [0.2, 0.25) is 0 Å². The molecule has 2 N–H and O–H groups in total. The van der Waals surface area contributed by atoms with Crippen molar-refractivity contribution in [2.45, 2.75) is 39.2 Å². The summed E-state index contributed by atoms with van der Waals surface area (Å²) in [6, 6.07) is 8.23. The fraction of sp³-hybridized carbons (Fsp3) is 0.538. The van der Waals surface area contributed by atoms with Gasteiger partial charge >= 0.3 is 0 Å². The summed E-state index contributed by atoms with van der Waals surface area (Å²) in [5.74, 6) is 0. The van der Waals surface area contributed by atoms with Crippen LogP contribution in [0.5, 0.6) is 0 Å². The molecule has 0 aliphatic rings. The molecule has 1 rings (SSSR count). The normalized spacial score (nSPS) is 14.7. The summed E-state index contributed by atoms with van der Waals surface area (Å²) >= 11 is 0. The van der Waals surface area contributed by atoms with E-state index in [1.54, 1.807) is 0 Å². The molecule has 1 unspecified atom stereocenters. The fourth-order valence-electron chi connectivity index (χ4n) is 1.41. The van der Waals surface area contributed by atoms with Crippen molar-refractivity contribution >= 4 is 5.69 Å². The molecule has 1 aromatic carbocycles. The van der Waals surface area contributed by atoms with Gasteiger partial charge < -0.3 is 10.4 Å². The maximum absolute atomic E-state index is 9.89. The second-order valence-electron chi connectivity index (χ2n) is 4.21. The zero-order valence-corrected chi connectivity index (χ0v) is 9.88. The zero-order valence-electron chi connectivity index (χ0n) is 9.88. The lowest BCUT2D eigenvalue weighted by Gasteiger charge is -2.23. The Bertz CT molecular complexity index is 307. The predicted octanol–water partition coefficient (Wildman–Crippen LogP) is 2.82. The first kappa shape index (κ1) is 12.1. The van der Waals surface area contributed by atoms with Crippen LogP contribution in [0, 0.1) is 0 Å². The highest BCUT2D eigenvalue weighted by atomic mass is 16.3. The van der Waals surface area contributed by atoms with Gasteiger partial charge in [0, 0.05) is 12.2 Å². The van der Waals surface area contributed by atoms with E-state index in [2.05, 4.69) is 24.4 Å². The third kappa shape index (κ3) is 3.56. The van der Waals surface area contributed by atoms with E-state index in [-0.39, 0.29) is 0 Å². The number of rotatable bonds is 5. The van der Waals surface area contributed by atoms with E-state index in [1.165, 1.54) is 5.56 Å². The Morgan fingerprint density at radius 2 is 1.93 bits per heavy atom. The van der Waals surface area contributed by atoms with Crippen molar-refractivity contribution in [3.63, 3.8) is 0 Å². The summed E-state index contributed by atoms with van der Waals surface area (Å²) < 4.78 is 0. The summed E-state index contributed by atoms with van der Waals surface area (Å²) in [7, 11) is 0. The topological polar surface area (TPSA) is 32.3 Å². The van der Waals surface area contributed by atoms with Gasteiger partial charge in [-0.15, -0.1) is 0 Å². The Balaban J connectivity index is 2.65. The first-order chi connectivity index (χ1) is 7.09. The quantitative estimate of drug-likeness (QED) is 0.778. The van der Waals surface area contributed by atoms with Gasteiger partial charge in [-0.1, -0.05) is 32.0 Å². The Morgan fingerprint density at radius 1 is 1.27 bits per heavy atom. The Kier molecular flexibility index (Phi) is 4.15. The molecule has 0 radical (unpaired) electrons. The monoisotopic (exact) mass is 207 g/mol. The third-order valence-corrected chi connectivity index (χ3v) is 2.82. The van der Waals surface area contributed by atoms with Gasteiger partial charge in [-0.2, -0.15) is 0 Å². The minimum atomic E-state index is -0.624. The van der Waals surface area contributed by atoms with Gasteiger partial charge in [0.1, 0.15) is 0 Å². The van der Waals surface area contributed by atoms with Crippen LogP contribution in [0.1, 0.15) is 32.8 Å². The number of anilines is 1. The predicted molar refractivity (Wildman–Crippen MR) is 65.2 cm³/mol. The second-order valence-corrected chi connectivity index (χ2v) is 4.21. The number of aliphatic hydroxyl groups is 1. The van der Waals surface area contributed by atoms with E-state index in [0.717, 1.165) is 18.5 Å². The van der Waals surface area contributed by atoms with Gasteiger partial charge in [0.25, 0.3) is 0 Å². The lowest BCUT2D eigenvalue weighted by atomic mass is 10.0. The number of nitrogens with one attached hydrogen (secondary N) is 1. The number of aryl methyl sites for hydroxylation is 1. The lowest BCUT2D eigenvalue weighted by Crippen LogP contribution is -2.32. The van der Waals surface area contributed by atoms with Crippen molar-refractivity contribution in [3.8, 4) is 0 Å². The molecule has 0 aliphatic carbocycles. The highest BCUT2D eigenvalue weighted by Gasteiger charge is 2.16. The van der Waals surface area contributed by atoms with Crippen LogP contribution in [0.15, 0.2) is 24.3 Å². The molecule has 1 atom stereocenters. The molecule has 0 aliphatic heterocycles. The molecule has 84 valence electrons. The molecule has 0 spiro atoms. The first-order valence-electron chi connectivity index (χ1n) is 5.63. The average Bonchev–Trinajstić information content (AvgIpc) is 2.27. The van der Waals surface area contributed by atoms with Gasteiger partial charge in [-0.3, -0.25) is 0 Å². The molecule has 0 saturated carbocycles. The maximum Gasteiger partial charge on any atom is 0.0788 e. The van der Waals surface area contributed by atoms with E-state index >= 15 is 0 Å². The fourth-order valence-corrected chi connectivity index (χ4v) is 1.41.